The maximum atomic E-state index is 12.9. The summed E-state index contributed by atoms with van der Waals surface area (Å²) in [5.74, 6) is -0.876. The third-order valence-corrected chi connectivity index (χ3v) is 4.17. The quantitative estimate of drug-likeness (QED) is 0.759. The number of nitrogens with one attached hydrogen (secondary N) is 1. The van der Waals surface area contributed by atoms with E-state index in [4.69, 9.17) is 5.73 Å². The van der Waals surface area contributed by atoms with Gasteiger partial charge in [0.25, 0.3) is 11.5 Å². The van der Waals surface area contributed by atoms with Crippen molar-refractivity contribution in [1.29, 1.82) is 0 Å². The molecule has 2 aromatic rings. The van der Waals surface area contributed by atoms with Crippen molar-refractivity contribution < 1.29 is 9.90 Å². The summed E-state index contributed by atoms with van der Waals surface area (Å²) in [7, 11) is 0. The van der Waals surface area contributed by atoms with Crippen LogP contribution in [0.1, 0.15) is 50.4 Å². The van der Waals surface area contributed by atoms with Gasteiger partial charge in [-0.25, -0.2) is 0 Å². The number of hydrogen-bond donors (Lipinski definition) is 3. The lowest BCUT2D eigenvalue weighted by molar-refractivity contribution is 0.0910. The van der Waals surface area contributed by atoms with E-state index in [1.165, 1.54) is 10.6 Å². The maximum Gasteiger partial charge on any atom is 0.270 e. The summed E-state index contributed by atoms with van der Waals surface area (Å²) in [6.45, 7) is 6.31. The summed E-state index contributed by atoms with van der Waals surface area (Å²) in [5, 5.41) is 17.2. The van der Waals surface area contributed by atoms with Crippen LogP contribution in [0, 0.1) is 5.41 Å². The Morgan fingerprint density at radius 2 is 2.08 bits per heavy atom. The second-order valence-electron chi connectivity index (χ2n) is 7.59. The molecule has 3 rings (SSSR count). The van der Waals surface area contributed by atoms with E-state index in [2.05, 4.69) is 10.4 Å². The lowest BCUT2D eigenvalue weighted by Crippen LogP contribution is -2.43. The van der Waals surface area contributed by atoms with Crippen LogP contribution in [0.25, 0.3) is 5.65 Å². The van der Waals surface area contributed by atoms with Crippen LogP contribution in [-0.2, 0) is 6.54 Å². The van der Waals surface area contributed by atoms with Gasteiger partial charge in [0.05, 0.1) is 0 Å². The highest BCUT2D eigenvalue weighted by atomic mass is 35.5. The minimum Gasteiger partial charge on any atom is -0.492 e. The van der Waals surface area contributed by atoms with E-state index in [0.29, 0.717) is 12.2 Å². The van der Waals surface area contributed by atoms with Crippen molar-refractivity contribution in [2.24, 2.45) is 5.41 Å². The van der Waals surface area contributed by atoms with Gasteiger partial charge in [-0.05, 0) is 24.7 Å². The summed E-state index contributed by atoms with van der Waals surface area (Å²) in [6, 6.07) is 1.58. The number of nitrogens with two attached hydrogens (primary N) is 1. The van der Waals surface area contributed by atoms with Crippen LogP contribution in [0.5, 0.6) is 5.88 Å². The van der Waals surface area contributed by atoms with Crippen molar-refractivity contribution in [2.75, 3.05) is 5.73 Å². The third-order valence-electron chi connectivity index (χ3n) is 4.17. The van der Waals surface area contributed by atoms with E-state index >= 15 is 0 Å². The van der Waals surface area contributed by atoms with Crippen LogP contribution in [0.2, 0.25) is 0 Å². The molecule has 0 spiro atoms. The number of rotatable bonds is 3. The Morgan fingerprint density at radius 1 is 1.44 bits per heavy atom. The minimum atomic E-state index is -0.569. The molecule has 138 valence electrons. The van der Waals surface area contributed by atoms with E-state index in [9.17, 15) is 14.7 Å². The van der Waals surface area contributed by atoms with Crippen LogP contribution < -0.4 is 16.6 Å². The van der Waals surface area contributed by atoms with Gasteiger partial charge in [0, 0.05) is 18.7 Å². The molecule has 25 heavy (non-hydrogen) atoms. The van der Waals surface area contributed by atoms with Gasteiger partial charge in [-0.15, -0.1) is 17.5 Å². The van der Waals surface area contributed by atoms with Crippen molar-refractivity contribution in [3.63, 3.8) is 0 Å². The van der Waals surface area contributed by atoms with Crippen LogP contribution >= 0.6 is 12.4 Å². The molecule has 4 N–H and O–H groups in total. The number of hydrogen-bond acceptors (Lipinski definition) is 5. The molecule has 0 aromatic carbocycles. The summed E-state index contributed by atoms with van der Waals surface area (Å²) < 4.78 is 2.59. The van der Waals surface area contributed by atoms with E-state index in [1.54, 1.807) is 0 Å². The number of nitrogen functional groups attached to an aromatic ring is 1. The number of carbonyl (C=O) groups is 1. The summed E-state index contributed by atoms with van der Waals surface area (Å²) >= 11 is 0. The van der Waals surface area contributed by atoms with Gasteiger partial charge in [0.1, 0.15) is 11.5 Å². The first-order chi connectivity index (χ1) is 11.2. The molecule has 0 bridgehead atoms. The number of amides is 1. The normalized spacial score (nSPS) is 14.8. The fourth-order valence-corrected chi connectivity index (χ4v) is 2.81. The highest BCUT2D eigenvalue weighted by Crippen LogP contribution is 2.23. The number of halogens is 1. The Morgan fingerprint density at radius 3 is 2.60 bits per heavy atom. The van der Waals surface area contributed by atoms with E-state index in [0.717, 1.165) is 23.8 Å². The fraction of sp³-hybridized carbons (Fsp3) is 0.562. The van der Waals surface area contributed by atoms with Crippen molar-refractivity contribution >= 4 is 29.8 Å². The fourth-order valence-electron chi connectivity index (χ4n) is 2.81. The smallest absolute Gasteiger partial charge is 0.270 e. The van der Waals surface area contributed by atoms with Gasteiger partial charge in [0.2, 0.25) is 5.88 Å². The SMILES string of the molecule is CC(C)(C)Cn1c(=O)c(C(=O)NC2CCC2)c(O)n2nc(N)cc12.Cl. The molecule has 0 saturated heterocycles. The number of aromatic nitrogens is 3. The van der Waals surface area contributed by atoms with E-state index in [1.807, 2.05) is 20.8 Å². The Balaban J connectivity index is 0.00000225. The predicted octanol–water partition coefficient (Wildman–Crippen LogP) is 1.53. The summed E-state index contributed by atoms with van der Waals surface area (Å²) in [4.78, 5) is 25.4. The molecule has 1 amide bonds. The van der Waals surface area contributed by atoms with Gasteiger partial charge in [-0.3, -0.25) is 14.2 Å². The Bertz CT molecular complexity index is 861. The van der Waals surface area contributed by atoms with E-state index < -0.39 is 17.3 Å². The highest BCUT2D eigenvalue weighted by Gasteiger charge is 2.28. The molecule has 1 fully saturated rings. The first-order valence-electron chi connectivity index (χ1n) is 8.09. The van der Waals surface area contributed by atoms with Crippen LogP contribution in [0.3, 0.4) is 0 Å². The number of anilines is 1. The zero-order chi connectivity index (χ0) is 17.6. The van der Waals surface area contributed by atoms with Gasteiger partial charge in [0.15, 0.2) is 5.56 Å². The molecule has 1 aliphatic carbocycles. The van der Waals surface area contributed by atoms with Crippen LogP contribution in [-0.4, -0.2) is 31.2 Å². The molecule has 1 saturated carbocycles. The lowest BCUT2D eigenvalue weighted by atomic mass is 9.93. The standard InChI is InChI=1S/C16H23N5O3.ClH/c1-16(2,3)8-20-11-7-10(17)19-21(11)15(24)12(14(20)23)13(22)18-9-5-4-6-9;/h7,9,24H,4-6,8H2,1-3H3,(H2,17,19)(H,18,22);1H. The van der Waals surface area contributed by atoms with Crippen LogP contribution in [0.15, 0.2) is 10.9 Å². The topological polar surface area (TPSA) is 115 Å². The largest absolute Gasteiger partial charge is 0.492 e. The van der Waals surface area contributed by atoms with Crippen molar-refractivity contribution in [2.45, 2.75) is 52.6 Å². The highest BCUT2D eigenvalue weighted by molar-refractivity contribution is 5.96. The number of fused-ring (bicyclic) bond motifs is 1. The molecule has 2 aromatic heterocycles. The molecule has 0 aliphatic heterocycles. The van der Waals surface area contributed by atoms with Crippen LogP contribution in [0.4, 0.5) is 5.82 Å². The van der Waals surface area contributed by atoms with Crippen molar-refractivity contribution in [3.05, 3.63) is 22.0 Å². The maximum absolute atomic E-state index is 12.9. The molecule has 0 radical (unpaired) electrons. The van der Waals surface area contributed by atoms with Gasteiger partial charge < -0.3 is 16.2 Å². The van der Waals surface area contributed by atoms with E-state index in [-0.39, 0.29) is 35.2 Å². The summed E-state index contributed by atoms with van der Waals surface area (Å²) in [5.41, 5.74) is 5.05. The predicted molar refractivity (Wildman–Crippen MR) is 97.3 cm³/mol. The average Bonchev–Trinajstić information content (AvgIpc) is 2.80. The van der Waals surface area contributed by atoms with Gasteiger partial charge in [-0.1, -0.05) is 20.8 Å². The second-order valence-corrected chi connectivity index (χ2v) is 7.59. The zero-order valence-electron chi connectivity index (χ0n) is 14.6. The molecular weight excluding hydrogens is 346 g/mol. The first-order valence-corrected chi connectivity index (χ1v) is 8.09. The molecule has 0 atom stereocenters. The Labute approximate surface area is 151 Å². The molecule has 8 nitrogen and oxygen atoms in total. The molecule has 9 heteroatoms. The third kappa shape index (κ3) is 3.58. The zero-order valence-corrected chi connectivity index (χ0v) is 15.4. The average molecular weight is 370 g/mol. The van der Waals surface area contributed by atoms with Crippen molar-refractivity contribution in [3.8, 4) is 5.88 Å². The monoisotopic (exact) mass is 369 g/mol. The molecule has 1 aliphatic rings. The molecule has 0 unspecified atom stereocenters. The number of carbonyl (C=O) groups excluding carboxylic acids is 1. The lowest BCUT2D eigenvalue weighted by Gasteiger charge is -2.26. The second kappa shape index (κ2) is 6.59. The minimum absolute atomic E-state index is 0. The Kier molecular flexibility index (Phi) is 5.04. The summed E-state index contributed by atoms with van der Waals surface area (Å²) in [6.07, 6.45) is 2.83. The number of nitrogens with zero attached hydrogens (tertiary/aromatic N) is 3. The number of aromatic hydroxyl groups is 1. The van der Waals surface area contributed by atoms with Crippen molar-refractivity contribution in [1.82, 2.24) is 19.5 Å². The first kappa shape index (κ1) is 19.1. The van der Waals surface area contributed by atoms with Gasteiger partial charge in [-0.2, -0.15) is 4.52 Å². The Hall–Kier alpha value is -2.22. The van der Waals surface area contributed by atoms with Gasteiger partial charge >= 0.3 is 0 Å². The molecule has 2 heterocycles. The molecular formula is C16H24ClN5O3.